The first kappa shape index (κ1) is 67.5. The number of sulfonamides is 2. The van der Waals surface area contributed by atoms with Crippen molar-refractivity contribution in [3.63, 3.8) is 0 Å². The van der Waals surface area contributed by atoms with Gasteiger partial charge in [0.2, 0.25) is 29.3 Å². The Balaban J connectivity index is -0.000000173. The number of halogens is 16. The van der Waals surface area contributed by atoms with Crippen LogP contribution in [-0.4, -0.2) is 49.4 Å². The summed E-state index contributed by atoms with van der Waals surface area (Å²) in [6.45, 7) is 2.44. The molecule has 3 aromatic carbocycles. The summed E-state index contributed by atoms with van der Waals surface area (Å²) >= 11 is 0. The molecule has 0 saturated carbocycles. The van der Waals surface area contributed by atoms with Crippen molar-refractivity contribution in [1.29, 1.82) is 0 Å². The van der Waals surface area contributed by atoms with Crippen LogP contribution in [-0.2, 0) is 53.2 Å². The van der Waals surface area contributed by atoms with Crippen molar-refractivity contribution in [2.24, 2.45) is 5.73 Å². The molecule has 334 valence electrons. The molecule has 0 unspecified atom stereocenters. The Kier molecular flexibility index (Phi) is 30.0. The van der Waals surface area contributed by atoms with E-state index in [0.29, 0.717) is 13.8 Å². The summed E-state index contributed by atoms with van der Waals surface area (Å²) in [5.41, 5.74) is 4.47. The minimum absolute atomic E-state index is 0. The molecule has 0 saturated heterocycles. The fraction of sp³-hybridized carbons (Fsp3) is 0.120. The molecule has 0 bridgehead atoms. The third kappa shape index (κ3) is 18.2. The van der Waals surface area contributed by atoms with Gasteiger partial charge in [-0.3, -0.25) is 14.4 Å². The SMILES string of the molecule is CC(=O)NS(=O)(=O)c1c(F)c(F)c(F)c(F)c1F.CC(=O)[N-]S(=O)(=O)c1c(F)c(F)c(F)c(F)c1F.CC(N)=O.O=CO[O-].O=S(=O)(Cl)c1c(F)c(F)c(F)c(F)c1F.[H-].[Li+].[Li+].[Li+]. The molecule has 0 aliphatic rings. The van der Waals surface area contributed by atoms with E-state index in [2.05, 4.69) is 26.0 Å². The third-order valence-electron chi connectivity index (χ3n) is 4.85. The molecule has 0 radical (unpaired) electrons. The Morgan fingerprint density at radius 3 is 0.968 bits per heavy atom. The molecule has 0 aliphatic heterocycles. The van der Waals surface area contributed by atoms with Gasteiger partial charge in [-0.2, -0.15) is 0 Å². The zero-order chi connectivity index (χ0) is 47.5. The predicted molar refractivity (Wildman–Crippen MR) is 157 cm³/mol. The number of carbonyl (C=O) groups excluding carboxylic acids is 4. The molecule has 62 heavy (non-hydrogen) atoms. The van der Waals surface area contributed by atoms with Crippen LogP contribution in [0.15, 0.2) is 14.7 Å². The number of nitrogens with two attached hydrogens (primary N) is 1. The van der Waals surface area contributed by atoms with Crippen LogP contribution >= 0.6 is 10.7 Å². The zero-order valence-corrected chi connectivity index (χ0v) is 34.0. The molecule has 3 aromatic rings. The first-order valence-electron chi connectivity index (χ1n) is 13.0. The van der Waals surface area contributed by atoms with Gasteiger partial charge in [0.25, 0.3) is 25.5 Å². The van der Waals surface area contributed by atoms with Crippen molar-refractivity contribution in [1.82, 2.24) is 4.72 Å². The van der Waals surface area contributed by atoms with Gasteiger partial charge in [0.1, 0.15) is 14.9 Å². The number of hydrogen-bond acceptors (Lipinski definition) is 12. The predicted octanol–water partition coefficient (Wildman–Crippen LogP) is -5.44. The average Bonchev–Trinajstić information content (AvgIpc) is 3.08. The third-order valence-corrected chi connectivity index (χ3v) is 8.98. The van der Waals surface area contributed by atoms with Crippen LogP contribution in [0.5, 0.6) is 0 Å². The number of rotatable bonds is 6. The molecule has 3 rings (SSSR count). The Morgan fingerprint density at radius 1 is 0.565 bits per heavy atom. The minimum Gasteiger partial charge on any atom is -1.00 e. The molecular formula is C25H14ClF15Li3N3O12S3. The van der Waals surface area contributed by atoms with Gasteiger partial charge in [0.15, 0.2) is 79.6 Å². The Hall–Kier alpha value is -3.62. The maximum absolute atomic E-state index is 13.1. The van der Waals surface area contributed by atoms with Gasteiger partial charge >= 0.3 is 56.6 Å². The van der Waals surface area contributed by atoms with E-state index in [1.54, 1.807) is 0 Å². The van der Waals surface area contributed by atoms with Crippen molar-refractivity contribution in [2.45, 2.75) is 35.5 Å². The fourth-order valence-electron chi connectivity index (χ4n) is 2.89. The van der Waals surface area contributed by atoms with Crippen LogP contribution in [0.2, 0.25) is 0 Å². The standard InChI is InChI=1S/2C8H4F5NO3S.C6ClF5O2S.C2H5NO.CH2O3.3Li.H/c2*1-2(15)14-18(16,17)8-6(12)4(10)3(9)5(11)7(8)13;7-15(13,14)6-4(11)2(9)1(8)3(10)5(6)12;1-2(3)4;2-1-4-3;;;;/h2*1H3,(H,14,15);;1H3,(H2,3,4);1,3H;;;;/q;;;;;3*+1;-1/p-2. The number of carbonyl (C=O) groups is 4. The van der Waals surface area contributed by atoms with Crippen LogP contribution in [0.4, 0.5) is 65.9 Å². The van der Waals surface area contributed by atoms with Crippen molar-refractivity contribution < 1.29 is 178 Å². The monoisotopic (exact) mass is 985 g/mol. The molecule has 0 heterocycles. The Bertz CT molecular complexity index is 2300. The van der Waals surface area contributed by atoms with Crippen LogP contribution in [0, 0.1) is 87.3 Å². The molecule has 0 aliphatic carbocycles. The van der Waals surface area contributed by atoms with E-state index < -0.39 is 143 Å². The summed E-state index contributed by atoms with van der Waals surface area (Å²) in [6.07, 6.45) is 0. The molecule has 0 aromatic heterocycles. The van der Waals surface area contributed by atoms with E-state index in [1.807, 2.05) is 0 Å². The molecule has 0 fully saturated rings. The topological polar surface area (TPSA) is 255 Å². The van der Waals surface area contributed by atoms with Gasteiger partial charge in [-0.1, -0.05) is 0 Å². The summed E-state index contributed by atoms with van der Waals surface area (Å²) in [4.78, 5) is 35.1. The first-order chi connectivity index (χ1) is 26.5. The minimum atomic E-state index is -5.30. The maximum atomic E-state index is 13.1. The molecule has 3 amide bonds. The van der Waals surface area contributed by atoms with Gasteiger partial charge in [-0.15, -0.1) is 0 Å². The van der Waals surface area contributed by atoms with Gasteiger partial charge in [-0.05, 0) is 6.92 Å². The van der Waals surface area contributed by atoms with Gasteiger partial charge in [-0.25, -0.2) is 95.8 Å². The van der Waals surface area contributed by atoms with Crippen molar-refractivity contribution in [2.75, 3.05) is 0 Å². The van der Waals surface area contributed by atoms with Gasteiger partial charge in [0, 0.05) is 24.5 Å². The van der Waals surface area contributed by atoms with Crippen LogP contribution in [0.1, 0.15) is 22.2 Å². The average molecular weight is 986 g/mol. The maximum Gasteiger partial charge on any atom is 1.00 e. The van der Waals surface area contributed by atoms with Crippen molar-refractivity contribution in [3.8, 4) is 0 Å². The van der Waals surface area contributed by atoms with Gasteiger partial charge < -0.3 is 26.8 Å². The Morgan fingerprint density at radius 2 is 0.774 bits per heavy atom. The molecule has 3 N–H and O–H groups in total. The number of hydrogen-bond donors (Lipinski definition) is 2. The molecule has 0 spiro atoms. The van der Waals surface area contributed by atoms with E-state index in [-0.39, 0.29) is 70.4 Å². The number of amides is 3. The van der Waals surface area contributed by atoms with Crippen LogP contribution < -0.4 is 72.3 Å². The molecule has 0 atom stereocenters. The van der Waals surface area contributed by atoms with Gasteiger partial charge in [0.05, 0.1) is 5.91 Å². The van der Waals surface area contributed by atoms with Crippen LogP contribution in [0.3, 0.4) is 0 Å². The zero-order valence-electron chi connectivity index (χ0n) is 31.8. The van der Waals surface area contributed by atoms with E-state index in [4.69, 9.17) is 10.1 Å². The molecule has 37 heteroatoms. The number of primary amides is 1. The van der Waals surface area contributed by atoms with E-state index in [9.17, 15) is 105 Å². The van der Waals surface area contributed by atoms with E-state index >= 15 is 0 Å². The van der Waals surface area contributed by atoms with E-state index in [0.717, 1.165) is 4.72 Å². The second-order valence-electron chi connectivity index (χ2n) is 9.19. The number of nitrogens with zero attached hydrogens (tertiary/aromatic N) is 1. The number of nitrogens with one attached hydrogen (secondary N) is 1. The fourth-order valence-corrected chi connectivity index (χ4v) is 6.09. The quantitative estimate of drug-likeness (QED) is 0.0343. The van der Waals surface area contributed by atoms with Crippen LogP contribution in [0.25, 0.3) is 4.72 Å². The molecule has 15 nitrogen and oxygen atoms in total. The largest absolute Gasteiger partial charge is 1.00 e. The Labute approximate surface area is 378 Å². The van der Waals surface area contributed by atoms with Crippen molar-refractivity contribution >= 4 is 64.0 Å². The molecular weight excluding hydrogens is 972 g/mol. The smallest absolute Gasteiger partial charge is 1.00 e. The van der Waals surface area contributed by atoms with Crippen molar-refractivity contribution in [3.05, 3.63) is 92.0 Å². The summed E-state index contributed by atoms with van der Waals surface area (Å²) in [7, 11) is -11.0. The second-order valence-corrected chi connectivity index (χ2v) is 14.8. The number of benzene rings is 3. The summed E-state index contributed by atoms with van der Waals surface area (Å²) < 4.78 is 261. The summed E-state index contributed by atoms with van der Waals surface area (Å²) in [5, 5.41) is 8.43. The van der Waals surface area contributed by atoms with E-state index in [1.165, 1.54) is 6.92 Å². The summed E-state index contributed by atoms with van der Waals surface area (Å²) in [6, 6.07) is 0. The normalized spacial score (nSPS) is 10.3. The first-order valence-corrected chi connectivity index (χ1v) is 18.2. The second kappa shape index (κ2) is 27.5. The summed E-state index contributed by atoms with van der Waals surface area (Å²) in [5.74, 6) is -40.1.